The second kappa shape index (κ2) is 22.0. The molecule has 1 heterocycles. The number of rotatable bonds is 3. The van der Waals surface area contributed by atoms with Gasteiger partial charge in [0.05, 0.1) is 13.2 Å². The third kappa shape index (κ3) is 12.8. The number of halogens is 1. The lowest BCUT2D eigenvalue weighted by molar-refractivity contribution is -0.118. The van der Waals surface area contributed by atoms with Gasteiger partial charge < -0.3 is 16.4 Å². The molecule has 0 aliphatic heterocycles. The van der Waals surface area contributed by atoms with Crippen molar-refractivity contribution in [2.45, 2.75) is 73.3 Å². The Morgan fingerprint density at radius 3 is 2.17 bits per heavy atom. The van der Waals surface area contributed by atoms with Crippen LogP contribution in [0.1, 0.15) is 81.5 Å². The molecule has 1 aliphatic rings. The standard InChI is InChI=1S/C21H23N3O4.C5H10.C3H6.CH3F.CH5N/c1-3-18(25)22-17-12-11-13(2)24(20(17)27)21(28)19(26)23-16-10-6-8-14-7-4-5-9-15(14)16;1-4-5(2)3;1-3-2;2*1-2/h4-5,7,9,11-12,16H,3,6,8,10H2,1-2H3,(H,22,25)(H,23,26);4H,1-3H3;3H,1H2,2H3;1H3;2H2,1H3. The van der Waals surface area contributed by atoms with E-state index in [1.165, 1.54) is 24.8 Å². The van der Waals surface area contributed by atoms with Crippen LogP contribution in [0, 0.1) is 6.92 Å². The Labute approximate surface area is 238 Å². The predicted octanol–water partition coefficient (Wildman–Crippen LogP) is 5.66. The van der Waals surface area contributed by atoms with E-state index in [9.17, 15) is 23.6 Å². The van der Waals surface area contributed by atoms with E-state index in [2.05, 4.69) is 42.9 Å². The molecule has 1 aliphatic carbocycles. The summed E-state index contributed by atoms with van der Waals surface area (Å²) in [6.45, 7) is 14.7. The van der Waals surface area contributed by atoms with E-state index in [-0.39, 0.29) is 24.1 Å². The zero-order valence-corrected chi connectivity index (χ0v) is 25.3. The third-order valence-corrected chi connectivity index (χ3v) is 5.52. The first kappa shape index (κ1) is 38.3. The van der Waals surface area contributed by atoms with Crippen molar-refractivity contribution in [2.24, 2.45) is 5.73 Å². The zero-order chi connectivity index (χ0) is 31.3. The maximum atomic E-state index is 12.7. The van der Waals surface area contributed by atoms with Crippen LogP contribution in [-0.4, -0.2) is 36.5 Å². The molecule has 1 aromatic heterocycles. The number of hydrogen-bond donors (Lipinski definition) is 3. The van der Waals surface area contributed by atoms with Crippen LogP contribution in [0.5, 0.6) is 0 Å². The summed E-state index contributed by atoms with van der Waals surface area (Å²) in [5, 5.41) is 5.22. The van der Waals surface area contributed by atoms with Crippen molar-refractivity contribution in [1.29, 1.82) is 0 Å². The highest BCUT2D eigenvalue weighted by atomic mass is 19.1. The maximum absolute atomic E-state index is 12.7. The number of anilines is 1. The molecule has 8 nitrogen and oxygen atoms in total. The molecule has 2 amide bonds. The van der Waals surface area contributed by atoms with Gasteiger partial charge in [0.25, 0.3) is 5.56 Å². The van der Waals surface area contributed by atoms with E-state index < -0.39 is 17.4 Å². The summed E-state index contributed by atoms with van der Waals surface area (Å²) in [7, 11) is 2.00. The minimum absolute atomic E-state index is 0.0263. The minimum atomic E-state index is -0.960. The SMILES string of the molecule is C=CC.CC=C(C)C.CCC(=O)Nc1ccc(C)n(C(=O)C(=O)NC2CCCc3ccccc32)c1=O.CF.CN. The van der Waals surface area contributed by atoms with Crippen LogP contribution in [-0.2, 0) is 16.0 Å². The number of fused-ring (bicyclic) bond motifs is 1. The Kier molecular flexibility index (Phi) is 21.1. The van der Waals surface area contributed by atoms with Crippen molar-refractivity contribution in [3.05, 3.63) is 87.9 Å². The van der Waals surface area contributed by atoms with Gasteiger partial charge in [-0.1, -0.05) is 48.9 Å². The molecule has 1 atom stereocenters. The van der Waals surface area contributed by atoms with E-state index >= 15 is 0 Å². The van der Waals surface area contributed by atoms with Crippen molar-refractivity contribution in [3.8, 4) is 0 Å². The van der Waals surface area contributed by atoms with Gasteiger partial charge in [0.2, 0.25) is 5.91 Å². The summed E-state index contributed by atoms with van der Waals surface area (Å²) in [6.07, 6.45) is 6.61. The largest absolute Gasteiger partial charge is 0.341 e. The molecule has 222 valence electrons. The van der Waals surface area contributed by atoms with Gasteiger partial charge in [0.15, 0.2) is 0 Å². The third-order valence-electron chi connectivity index (χ3n) is 5.52. The Morgan fingerprint density at radius 1 is 1.10 bits per heavy atom. The number of benzene rings is 1. The van der Waals surface area contributed by atoms with Crippen LogP contribution in [0.2, 0.25) is 0 Å². The van der Waals surface area contributed by atoms with Crippen LogP contribution in [0.4, 0.5) is 10.1 Å². The molecular weight excluding hydrogens is 511 g/mol. The highest BCUT2D eigenvalue weighted by Gasteiger charge is 2.26. The molecule has 0 radical (unpaired) electrons. The van der Waals surface area contributed by atoms with E-state index in [0.717, 1.165) is 35.0 Å². The van der Waals surface area contributed by atoms with Gasteiger partial charge >= 0.3 is 11.8 Å². The predicted molar refractivity (Wildman–Crippen MR) is 163 cm³/mol. The molecule has 0 spiro atoms. The molecule has 1 aromatic carbocycles. The fourth-order valence-corrected chi connectivity index (χ4v) is 3.44. The van der Waals surface area contributed by atoms with Gasteiger partial charge in [-0.2, -0.15) is 0 Å². The number of allylic oxidation sites excluding steroid dienone is 3. The summed E-state index contributed by atoms with van der Waals surface area (Å²) in [5.41, 5.74) is 7.62. The lowest BCUT2D eigenvalue weighted by Crippen LogP contribution is -2.43. The van der Waals surface area contributed by atoms with Crippen molar-refractivity contribution >= 4 is 23.4 Å². The first-order valence-electron chi connectivity index (χ1n) is 13.2. The summed E-state index contributed by atoms with van der Waals surface area (Å²) in [6, 6.07) is 10.5. The molecule has 1 unspecified atom stereocenters. The van der Waals surface area contributed by atoms with Crippen molar-refractivity contribution in [3.63, 3.8) is 0 Å². The number of aromatic nitrogens is 1. The minimum Gasteiger partial charge on any atom is -0.341 e. The topological polar surface area (TPSA) is 123 Å². The number of aryl methyl sites for hydroxylation is 2. The number of alkyl halides is 1. The van der Waals surface area contributed by atoms with Crippen molar-refractivity contribution in [2.75, 3.05) is 19.5 Å². The summed E-state index contributed by atoms with van der Waals surface area (Å²) in [5.74, 6) is -2.15. The van der Waals surface area contributed by atoms with E-state index in [1.54, 1.807) is 19.9 Å². The number of carbonyl (C=O) groups excluding carboxylic acids is 3. The van der Waals surface area contributed by atoms with Crippen LogP contribution < -0.4 is 21.9 Å². The lowest BCUT2D eigenvalue weighted by Gasteiger charge is -2.26. The van der Waals surface area contributed by atoms with E-state index in [0.29, 0.717) is 12.9 Å². The normalized spacial score (nSPS) is 12.3. The van der Waals surface area contributed by atoms with Gasteiger partial charge in [-0.05, 0) is 84.2 Å². The number of nitrogens with zero attached hydrogens (tertiary/aromatic N) is 1. The van der Waals surface area contributed by atoms with Gasteiger partial charge in [-0.3, -0.25) is 23.6 Å². The quantitative estimate of drug-likeness (QED) is 0.331. The van der Waals surface area contributed by atoms with Gasteiger partial charge in [0.1, 0.15) is 5.69 Å². The number of carbonyl (C=O) groups is 3. The van der Waals surface area contributed by atoms with Crippen LogP contribution in [0.25, 0.3) is 0 Å². The van der Waals surface area contributed by atoms with Gasteiger partial charge in [0, 0.05) is 12.1 Å². The van der Waals surface area contributed by atoms with E-state index in [1.807, 2.05) is 38.1 Å². The summed E-state index contributed by atoms with van der Waals surface area (Å²) in [4.78, 5) is 49.5. The van der Waals surface area contributed by atoms with Crippen molar-refractivity contribution in [1.82, 2.24) is 9.88 Å². The average molecular weight is 559 g/mol. The number of nitrogens with one attached hydrogen (secondary N) is 2. The number of nitrogens with two attached hydrogens (primary N) is 1. The Morgan fingerprint density at radius 2 is 1.65 bits per heavy atom. The monoisotopic (exact) mass is 558 g/mol. The number of pyridine rings is 1. The first-order chi connectivity index (χ1) is 19.1. The Hall–Kier alpha value is -3.85. The Balaban J connectivity index is 0. The molecule has 0 fully saturated rings. The fraction of sp³-hybridized carbons (Fsp3) is 0.419. The highest BCUT2D eigenvalue weighted by Crippen LogP contribution is 2.29. The molecule has 2 aromatic rings. The van der Waals surface area contributed by atoms with Gasteiger partial charge in [-0.15, -0.1) is 6.58 Å². The molecule has 0 bridgehead atoms. The first-order valence-corrected chi connectivity index (χ1v) is 13.2. The second-order valence-electron chi connectivity index (χ2n) is 8.63. The molecule has 40 heavy (non-hydrogen) atoms. The number of amides is 2. The maximum Gasteiger partial charge on any atom is 0.323 e. The summed E-state index contributed by atoms with van der Waals surface area (Å²) < 4.78 is 10.3. The van der Waals surface area contributed by atoms with Crippen LogP contribution >= 0.6 is 0 Å². The van der Waals surface area contributed by atoms with Crippen molar-refractivity contribution < 1.29 is 18.8 Å². The molecule has 9 heteroatoms. The van der Waals surface area contributed by atoms with Crippen LogP contribution in [0.3, 0.4) is 0 Å². The Bertz CT molecular complexity index is 1170. The number of hydrogen-bond acceptors (Lipinski definition) is 5. The molecule has 4 N–H and O–H groups in total. The van der Waals surface area contributed by atoms with Gasteiger partial charge in [-0.25, -0.2) is 4.57 Å². The average Bonchev–Trinajstić information content (AvgIpc) is 2.97. The molecule has 3 rings (SSSR count). The molecule has 0 saturated carbocycles. The smallest absolute Gasteiger partial charge is 0.323 e. The lowest BCUT2D eigenvalue weighted by atomic mass is 9.88. The zero-order valence-electron chi connectivity index (χ0n) is 25.3. The summed E-state index contributed by atoms with van der Waals surface area (Å²) >= 11 is 0. The van der Waals surface area contributed by atoms with Crippen LogP contribution in [0.15, 0.2) is 65.5 Å². The fourth-order valence-electron chi connectivity index (χ4n) is 3.44. The molecule has 0 saturated heterocycles. The highest BCUT2D eigenvalue weighted by molar-refractivity contribution is 6.36. The second-order valence-corrected chi connectivity index (χ2v) is 8.63. The van der Waals surface area contributed by atoms with E-state index in [4.69, 9.17) is 0 Å². The molecular formula is C31H47FN4O4.